The van der Waals surface area contributed by atoms with Gasteiger partial charge in [-0.05, 0) is 25.5 Å². The van der Waals surface area contributed by atoms with Crippen molar-refractivity contribution in [1.82, 2.24) is 0 Å². The summed E-state index contributed by atoms with van der Waals surface area (Å²) in [6, 6.07) is 4.08. The standard InChI is InChI=1S/C10H13N3O3/c1-6-3-4-8(9(5-6)13(15)16)12-7(2)10(11)14/h3-5,7,12H,1-2H3,(H2,11,14). The normalized spacial score (nSPS) is 11.9. The fourth-order valence-corrected chi connectivity index (χ4v) is 1.22. The Bertz CT molecular complexity index is 431. The molecular formula is C10H13N3O3. The lowest BCUT2D eigenvalue weighted by Crippen LogP contribution is -2.32. The van der Waals surface area contributed by atoms with Crippen molar-refractivity contribution >= 4 is 17.3 Å². The number of nitro benzene ring substituents is 1. The topological polar surface area (TPSA) is 98.3 Å². The average molecular weight is 223 g/mol. The van der Waals surface area contributed by atoms with E-state index in [0.29, 0.717) is 5.69 Å². The summed E-state index contributed by atoms with van der Waals surface area (Å²) in [6.45, 7) is 3.31. The summed E-state index contributed by atoms with van der Waals surface area (Å²) in [7, 11) is 0. The average Bonchev–Trinajstić information content (AvgIpc) is 2.20. The molecule has 0 aliphatic rings. The van der Waals surface area contributed by atoms with Gasteiger partial charge in [0.25, 0.3) is 5.69 Å². The monoisotopic (exact) mass is 223 g/mol. The van der Waals surface area contributed by atoms with Gasteiger partial charge in [0.05, 0.1) is 4.92 Å². The molecule has 0 fully saturated rings. The lowest BCUT2D eigenvalue weighted by Gasteiger charge is -2.11. The molecule has 3 N–H and O–H groups in total. The SMILES string of the molecule is Cc1ccc(NC(C)C(N)=O)c([N+](=O)[O-])c1. The van der Waals surface area contributed by atoms with Gasteiger partial charge in [0.15, 0.2) is 0 Å². The van der Waals surface area contributed by atoms with Gasteiger partial charge in [0.1, 0.15) is 11.7 Å². The van der Waals surface area contributed by atoms with Gasteiger partial charge < -0.3 is 11.1 Å². The molecule has 0 saturated carbocycles. The van der Waals surface area contributed by atoms with E-state index in [2.05, 4.69) is 5.32 Å². The van der Waals surface area contributed by atoms with Gasteiger partial charge in [0, 0.05) is 6.07 Å². The van der Waals surface area contributed by atoms with Gasteiger partial charge in [-0.2, -0.15) is 0 Å². The van der Waals surface area contributed by atoms with E-state index in [1.54, 1.807) is 26.0 Å². The maximum atomic E-state index is 10.8. The number of nitrogens with zero attached hydrogens (tertiary/aromatic N) is 1. The molecule has 0 heterocycles. The number of benzene rings is 1. The third-order valence-electron chi connectivity index (χ3n) is 2.15. The highest BCUT2D eigenvalue weighted by Crippen LogP contribution is 2.25. The third-order valence-corrected chi connectivity index (χ3v) is 2.15. The Morgan fingerprint density at radius 3 is 2.69 bits per heavy atom. The van der Waals surface area contributed by atoms with Gasteiger partial charge in [-0.3, -0.25) is 14.9 Å². The molecule has 1 rings (SSSR count). The highest BCUT2D eigenvalue weighted by molar-refractivity contribution is 5.83. The Kier molecular flexibility index (Phi) is 3.44. The van der Waals surface area contributed by atoms with Crippen molar-refractivity contribution in [3.8, 4) is 0 Å². The first kappa shape index (κ1) is 12.0. The van der Waals surface area contributed by atoms with Crippen LogP contribution in [-0.2, 0) is 4.79 Å². The predicted molar refractivity (Wildman–Crippen MR) is 60.1 cm³/mol. The molecule has 0 spiro atoms. The number of aryl methyl sites for hydroxylation is 1. The van der Waals surface area contributed by atoms with Crippen molar-refractivity contribution in [3.05, 3.63) is 33.9 Å². The molecule has 1 atom stereocenters. The Morgan fingerprint density at radius 2 is 2.19 bits per heavy atom. The van der Waals surface area contributed by atoms with Crippen LogP contribution in [0.2, 0.25) is 0 Å². The molecule has 1 amide bonds. The van der Waals surface area contributed by atoms with Crippen LogP contribution in [0.3, 0.4) is 0 Å². The maximum absolute atomic E-state index is 10.8. The van der Waals surface area contributed by atoms with Gasteiger partial charge in [-0.25, -0.2) is 0 Å². The Labute approximate surface area is 92.6 Å². The number of carbonyl (C=O) groups is 1. The summed E-state index contributed by atoms with van der Waals surface area (Å²) in [5, 5.41) is 13.5. The van der Waals surface area contributed by atoms with Crippen LogP contribution in [0.5, 0.6) is 0 Å². The van der Waals surface area contributed by atoms with Crippen LogP contribution < -0.4 is 11.1 Å². The largest absolute Gasteiger partial charge is 0.368 e. The Balaban J connectivity index is 3.04. The molecule has 0 saturated heterocycles. The van der Waals surface area contributed by atoms with Crippen LogP contribution in [0.15, 0.2) is 18.2 Å². The zero-order chi connectivity index (χ0) is 12.3. The number of hydrogen-bond donors (Lipinski definition) is 2. The molecule has 1 aromatic carbocycles. The molecule has 0 bridgehead atoms. The van der Waals surface area contributed by atoms with E-state index in [1.807, 2.05) is 0 Å². The fraction of sp³-hybridized carbons (Fsp3) is 0.300. The van der Waals surface area contributed by atoms with Crippen LogP contribution in [0.25, 0.3) is 0 Å². The number of anilines is 1. The van der Waals surface area contributed by atoms with Crippen molar-refractivity contribution in [2.45, 2.75) is 19.9 Å². The molecule has 86 valence electrons. The third kappa shape index (κ3) is 2.69. The summed E-state index contributed by atoms with van der Waals surface area (Å²) in [4.78, 5) is 21.1. The Morgan fingerprint density at radius 1 is 1.56 bits per heavy atom. The zero-order valence-electron chi connectivity index (χ0n) is 9.06. The second-order valence-corrected chi connectivity index (χ2v) is 3.55. The lowest BCUT2D eigenvalue weighted by molar-refractivity contribution is -0.384. The van der Waals surface area contributed by atoms with Crippen molar-refractivity contribution in [1.29, 1.82) is 0 Å². The highest BCUT2D eigenvalue weighted by Gasteiger charge is 2.17. The summed E-state index contributed by atoms with van der Waals surface area (Å²) in [5.74, 6) is -0.560. The summed E-state index contributed by atoms with van der Waals surface area (Å²) in [5.41, 5.74) is 6.08. The zero-order valence-corrected chi connectivity index (χ0v) is 9.06. The number of nitrogens with two attached hydrogens (primary N) is 1. The first-order valence-electron chi connectivity index (χ1n) is 4.72. The van der Waals surface area contributed by atoms with Gasteiger partial charge >= 0.3 is 0 Å². The second-order valence-electron chi connectivity index (χ2n) is 3.55. The number of hydrogen-bond acceptors (Lipinski definition) is 4. The molecular weight excluding hydrogens is 210 g/mol. The van der Waals surface area contributed by atoms with Crippen molar-refractivity contribution < 1.29 is 9.72 Å². The molecule has 16 heavy (non-hydrogen) atoms. The van der Waals surface area contributed by atoms with Crippen molar-refractivity contribution in [2.24, 2.45) is 5.73 Å². The maximum Gasteiger partial charge on any atom is 0.292 e. The molecule has 1 unspecified atom stereocenters. The molecule has 0 aromatic heterocycles. The Hall–Kier alpha value is -2.11. The van der Waals surface area contributed by atoms with E-state index in [4.69, 9.17) is 5.73 Å². The minimum absolute atomic E-state index is 0.0619. The van der Waals surface area contributed by atoms with Crippen molar-refractivity contribution in [2.75, 3.05) is 5.32 Å². The highest BCUT2D eigenvalue weighted by atomic mass is 16.6. The smallest absolute Gasteiger partial charge is 0.292 e. The number of carbonyl (C=O) groups excluding carboxylic acids is 1. The van der Waals surface area contributed by atoms with E-state index in [-0.39, 0.29) is 5.69 Å². The number of rotatable bonds is 4. The first-order valence-corrected chi connectivity index (χ1v) is 4.72. The van der Waals surface area contributed by atoms with E-state index >= 15 is 0 Å². The number of nitro groups is 1. The van der Waals surface area contributed by atoms with Crippen LogP contribution in [-0.4, -0.2) is 16.9 Å². The molecule has 0 aliphatic heterocycles. The van der Waals surface area contributed by atoms with Gasteiger partial charge in [-0.1, -0.05) is 6.07 Å². The summed E-state index contributed by atoms with van der Waals surface area (Å²) >= 11 is 0. The molecule has 0 aliphatic carbocycles. The van der Waals surface area contributed by atoms with E-state index in [1.165, 1.54) is 6.07 Å². The van der Waals surface area contributed by atoms with Crippen LogP contribution in [0.4, 0.5) is 11.4 Å². The number of primary amides is 1. The van der Waals surface area contributed by atoms with E-state index in [0.717, 1.165) is 5.56 Å². The number of nitrogens with one attached hydrogen (secondary N) is 1. The van der Waals surface area contributed by atoms with Crippen LogP contribution >= 0.6 is 0 Å². The summed E-state index contributed by atoms with van der Waals surface area (Å²) in [6.07, 6.45) is 0. The van der Waals surface area contributed by atoms with Crippen LogP contribution in [0, 0.1) is 17.0 Å². The molecule has 6 heteroatoms. The first-order chi connectivity index (χ1) is 7.41. The lowest BCUT2D eigenvalue weighted by atomic mass is 10.2. The van der Waals surface area contributed by atoms with E-state index in [9.17, 15) is 14.9 Å². The molecule has 6 nitrogen and oxygen atoms in total. The van der Waals surface area contributed by atoms with Gasteiger partial charge in [-0.15, -0.1) is 0 Å². The fourth-order valence-electron chi connectivity index (χ4n) is 1.22. The minimum atomic E-state index is -0.651. The summed E-state index contributed by atoms with van der Waals surface area (Å²) < 4.78 is 0. The quantitative estimate of drug-likeness (QED) is 0.591. The van der Waals surface area contributed by atoms with Crippen LogP contribution in [0.1, 0.15) is 12.5 Å². The second kappa shape index (κ2) is 4.61. The number of amides is 1. The molecule has 1 aromatic rings. The predicted octanol–water partition coefficient (Wildman–Crippen LogP) is 1.19. The minimum Gasteiger partial charge on any atom is -0.368 e. The van der Waals surface area contributed by atoms with E-state index < -0.39 is 16.9 Å². The van der Waals surface area contributed by atoms with Gasteiger partial charge in [0.2, 0.25) is 5.91 Å². The molecule has 0 radical (unpaired) electrons. The van der Waals surface area contributed by atoms with Crippen molar-refractivity contribution in [3.63, 3.8) is 0 Å².